The van der Waals surface area contributed by atoms with Crippen LogP contribution in [-0.2, 0) is 4.74 Å². The SMILES string of the molecule is CC1COc2cc3c(cc2O1)[nH]c1c3c2c(c3c4cc(O)ccc4n([C@@H]4O[C@H](CO)[C@@H](O)[C@H](O)[C@H]4O)c13)C(=O)N(CO)C2=O. The normalized spacial score (nSPS) is 26.9. The number of aliphatic hydroxyl groups excluding tert-OH is 5. The first kappa shape index (κ1) is 27.1. The highest BCUT2D eigenvalue weighted by atomic mass is 16.6. The van der Waals surface area contributed by atoms with Crippen LogP contribution in [0.4, 0.5) is 0 Å². The summed E-state index contributed by atoms with van der Waals surface area (Å²) < 4.78 is 19.4. The van der Waals surface area contributed by atoms with Crippen molar-refractivity contribution in [3.63, 3.8) is 0 Å². The molecule has 1 unspecified atom stereocenters. The van der Waals surface area contributed by atoms with E-state index in [0.29, 0.717) is 55.7 Å². The Balaban J connectivity index is 1.57. The number of benzene rings is 3. The maximum atomic E-state index is 13.8. The number of nitrogens with zero attached hydrogens (tertiary/aromatic N) is 2. The van der Waals surface area contributed by atoms with Crippen LogP contribution in [0.5, 0.6) is 17.2 Å². The Morgan fingerprint density at radius 2 is 1.68 bits per heavy atom. The minimum atomic E-state index is -1.71. The number of aromatic hydroxyl groups is 1. The zero-order valence-corrected chi connectivity index (χ0v) is 23.1. The molecule has 14 heteroatoms. The summed E-state index contributed by atoms with van der Waals surface area (Å²) in [5.41, 5.74) is 1.49. The van der Waals surface area contributed by atoms with Gasteiger partial charge in [0.25, 0.3) is 11.8 Å². The molecule has 3 aromatic carbocycles. The van der Waals surface area contributed by atoms with E-state index in [-0.39, 0.29) is 33.9 Å². The largest absolute Gasteiger partial charge is 0.508 e. The lowest BCUT2D eigenvalue weighted by Crippen LogP contribution is -2.56. The molecule has 8 rings (SSSR count). The zero-order valence-electron chi connectivity index (χ0n) is 23.1. The van der Waals surface area contributed by atoms with Crippen molar-refractivity contribution >= 4 is 55.4 Å². The molecule has 0 saturated carbocycles. The molecule has 44 heavy (non-hydrogen) atoms. The van der Waals surface area contributed by atoms with Crippen LogP contribution < -0.4 is 9.47 Å². The highest BCUT2D eigenvalue weighted by Gasteiger charge is 2.47. The van der Waals surface area contributed by atoms with Crippen molar-refractivity contribution in [3.8, 4) is 17.2 Å². The minimum Gasteiger partial charge on any atom is -0.508 e. The molecule has 3 aliphatic rings. The summed E-state index contributed by atoms with van der Waals surface area (Å²) in [6.07, 6.45) is -7.88. The Bertz CT molecular complexity index is 2060. The van der Waals surface area contributed by atoms with Gasteiger partial charge in [0.05, 0.1) is 39.8 Å². The van der Waals surface area contributed by atoms with Crippen LogP contribution in [0.1, 0.15) is 33.9 Å². The number of aliphatic hydroxyl groups is 5. The Hall–Kier alpha value is -4.44. The first-order chi connectivity index (χ1) is 21.1. The molecule has 14 nitrogen and oxygen atoms in total. The quantitative estimate of drug-likeness (QED) is 0.143. The van der Waals surface area contributed by atoms with Crippen LogP contribution in [-0.4, -0.2) is 107 Å². The molecule has 6 atom stereocenters. The molecule has 5 aromatic rings. The first-order valence-corrected chi connectivity index (χ1v) is 14.0. The van der Waals surface area contributed by atoms with Gasteiger partial charge in [-0.05, 0) is 31.2 Å². The molecule has 5 heterocycles. The number of amides is 2. The molecule has 0 aliphatic carbocycles. The predicted octanol–water partition coefficient (Wildman–Crippen LogP) is 0.813. The number of phenolic OH excluding ortho intramolecular Hbond substituents is 1. The van der Waals surface area contributed by atoms with E-state index >= 15 is 0 Å². The standard InChI is InChI=1S/C30H27N3O11/c1-10-8-42-16-5-12-14(6-17(16)43-10)31-23-19(12)21-22(29(41)32(9-35)28(21)40)20-13-4-11(36)2-3-15(13)33(24(20)23)30-27(39)26(38)25(37)18(7-34)44-30/h2-6,10,18,25-27,30-31,34-39H,7-9H2,1H3/t10?,18-,25-,26+,27-,30-/m1/s1. The maximum Gasteiger partial charge on any atom is 0.264 e. The van der Waals surface area contributed by atoms with E-state index in [1.54, 1.807) is 12.1 Å². The van der Waals surface area contributed by atoms with Gasteiger partial charge in [-0.1, -0.05) is 0 Å². The molecule has 7 N–H and O–H groups in total. The van der Waals surface area contributed by atoms with Crippen molar-refractivity contribution in [2.24, 2.45) is 0 Å². The van der Waals surface area contributed by atoms with E-state index in [1.807, 2.05) is 6.92 Å². The topological polar surface area (TPSA) is 207 Å². The highest BCUT2D eigenvalue weighted by Crippen LogP contribution is 2.49. The molecule has 0 spiro atoms. The molecular formula is C30H27N3O11. The van der Waals surface area contributed by atoms with E-state index in [4.69, 9.17) is 14.2 Å². The van der Waals surface area contributed by atoms with E-state index in [2.05, 4.69) is 4.98 Å². The van der Waals surface area contributed by atoms with Crippen molar-refractivity contribution in [1.29, 1.82) is 0 Å². The van der Waals surface area contributed by atoms with Crippen molar-refractivity contribution in [3.05, 3.63) is 41.5 Å². The lowest BCUT2D eigenvalue weighted by Gasteiger charge is -2.41. The van der Waals surface area contributed by atoms with Crippen molar-refractivity contribution in [1.82, 2.24) is 14.5 Å². The number of carbonyl (C=O) groups is 2. The molecule has 0 radical (unpaired) electrons. The third kappa shape index (κ3) is 3.40. The lowest BCUT2D eigenvalue weighted by molar-refractivity contribution is -0.249. The lowest BCUT2D eigenvalue weighted by atomic mass is 9.96. The van der Waals surface area contributed by atoms with Gasteiger partial charge in [-0.25, -0.2) is 0 Å². The summed E-state index contributed by atoms with van der Waals surface area (Å²) in [6.45, 7) is 0.613. The number of aromatic nitrogens is 2. The summed E-state index contributed by atoms with van der Waals surface area (Å²) in [5.74, 6) is -0.744. The van der Waals surface area contributed by atoms with E-state index in [1.165, 1.54) is 22.8 Å². The predicted molar refractivity (Wildman–Crippen MR) is 153 cm³/mol. The summed E-state index contributed by atoms with van der Waals surface area (Å²) in [5, 5.41) is 64.3. The van der Waals surface area contributed by atoms with Crippen LogP contribution in [0.2, 0.25) is 0 Å². The number of hydrogen-bond acceptors (Lipinski definition) is 11. The van der Waals surface area contributed by atoms with Gasteiger partial charge in [0.1, 0.15) is 49.6 Å². The van der Waals surface area contributed by atoms with Gasteiger partial charge < -0.3 is 54.4 Å². The monoisotopic (exact) mass is 605 g/mol. The van der Waals surface area contributed by atoms with E-state index in [0.717, 1.165) is 0 Å². The molecule has 2 aromatic heterocycles. The Kier molecular flexibility index (Phi) is 5.72. The van der Waals surface area contributed by atoms with Gasteiger partial charge in [-0.15, -0.1) is 0 Å². The van der Waals surface area contributed by atoms with Crippen molar-refractivity contribution in [2.45, 2.75) is 43.7 Å². The fourth-order valence-corrected chi connectivity index (χ4v) is 6.83. The van der Waals surface area contributed by atoms with Crippen molar-refractivity contribution < 1.29 is 54.4 Å². The summed E-state index contributed by atoms with van der Waals surface area (Å²) in [7, 11) is 0. The number of H-pyrrole nitrogens is 1. The second kappa shape index (κ2) is 9.28. The number of fused-ring (bicyclic) bond motifs is 11. The van der Waals surface area contributed by atoms with Crippen LogP contribution in [0.3, 0.4) is 0 Å². The van der Waals surface area contributed by atoms with Gasteiger partial charge in [0, 0.05) is 27.6 Å². The second-order valence-corrected chi connectivity index (χ2v) is 11.4. The van der Waals surface area contributed by atoms with Gasteiger partial charge in [-0.2, -0.15) is 0 Å². The molecule has 228 valence electrons. The van der Waals surface area contributed by atoms with Crippen LogP contribution in [0, 0.1) is 0 Å². The number of rotatable bonds is 3. The minimum absolute atomic E-state index is 0.0269. The zero-order chi connectivity index (χ0) is 30.8. The first-order valence-electron chi connectivity index (χ1n) is 14.0. The van der Waals surface area contributed by atoms with Crippen LogP contribution in [0.15, 0.2) is 30.3 Å². The number of ether oxygens (including phenoxy) is 3. The molecule has 1 saturated heterocycles. The van der Waals surface area contributed by atoms with Gasteiger partial charge in [-0.3, -0.25) is 14.5 Å². The Labute approximate surface area is 246 Å². The maximum absolute atomic E-state index is 13.8. The average molecular weight is 606 g/mol. The molecule has 0 bridgehead atoms. The third-order valence-electron chi connectivity index (χ3n) is 8.82. The number of imide groups is 1. The smallest absolute Gasteiger partial charge is 0.264 e. The van der Waals surface area contributed by atoms with Crippen LogP contribution in [0.25, 0.3) is 43.6 Å². The van der Waals surface area contributed by atoms with Gasteiger partial charge in [0.15, 0.2) is 17.7 Å². The molecule has 3 aliphatic heterocycles. The van der Waals surface area contributed by atoms with E-state index < -0.39 is 55.8 Å². The third-order valence-corrected chi connectivity index (χ3v) is 8.82. The van der Waals surface area contributed by atoms with Crippen molar-refractivity contribution in [2.75, 3.05) is 19.9 Å². The van der Waals surface area contributed by atoms with Gasteiger partial charge >= 0.3 is 0 Å². The molecular weight excluding hydrogens is 578 g/mol. The highest BCUT2D eigenvalue weighted by molar-refractivity contribution is 6.39. The molecule has 1 fully saturated rings. The second-order valence-electron chi connectivity index (χ2n) is 11.4. The number of hydrogen-bond donors (Lipinski definition) is 7. The number of nitrogens with one attached hydrogen (secondary N) is 1. The fraction of sp³-hybridized carbons (Fsp3) is 0.333. The Morgan fingerprint density at radius 3 is 2.41 bits per heavy atom. The summed E-state index contributed by atoms with van der Waals surface area (Å²) in [6, 6.07) is 7.74. The van der Waals surface area contributed by atoms with E-state index in [9.17, 15) is 40.2 Å². The number of carbonyl (C=O) groups excluding carboxylic acids is 2. The number of aromatic amines is 1. The molecule has 2 amide bonds. The fourth-order valence-electron chi connectivity index (χ4n) is 6.83. The van der Waals surface area contributed by atoms with Crippen LogP contribution >= 0.6 is 0 Å². The Morgan fingerprint density at radius 1 is 0.932 bits per heavy atom. The average Bonchev–Trinajstić information content (AvgIpc) is 3.61. The summed E-state index contributed by atoms with van der Waals surface area (Å²) in [4.78, 5) is 31.6. The number of phenols is 1. The van der Waals surface area contributed by atoms with Gasteiger partial charge in [0.2, 0.25) is 0 Å². The summed E-state index contributed by atoms with van der Waals surface area (Å²) >= 11 is 0.